The second-order valence-electron chi connectivity index (χ2n) is 4.47. The van der Waals surface area contributed by atoms with E-state index in [0.717, 1.165) is 0 Å². The molecule has 1 N–H and O–H groups in total. The van der Waals surface area contributed by atoms with Gasteiger partial charge in [0.25, 0.3) is 0 Å². The van der Waals surface area contributed by atoms with Crippen molar-refractivity contribution in [1.82, 2.24) is 4.90 Å². The Hall–Kier alpha value is -0.220. The predicted octanol–water partition coefficient (Wildman–Crippen LogP) is 0.967. The summed E-state index contributed by atoms with van der Waals surface area (Å²) in [5, 5.41) is 9.73. The maximum atomic E-state index is 11.7. The highest BCUT2D eigenvalue weighted by Crippen LogP contribution is 2.28. The summed E-state index contributed by atoms with van der Waals surface area (Å²) in [6.45, 7) is 6.93. The molecule has 0 aromatic rings. The lowest BCUT2D eigenvalue weighted by Gasteiger charge is -2.45. The van der Waals surface area contributed by atoms with Crippen molar-refractivity contribution in [1.29, 1.82) is 0 Å². The molecular formula is C10H19NO2S. The number of aliphatic hydroxyl groups is 1. The summed E-state index contributed by atoms with van der Waals surface area (Å²) in [6.07, 6.45) is 1.94. The molecule has 1 saturated heterocycles. The SMILES string of the molecule is CSC(C)C(=O)N1CC(C(C)(C)O)C1. The van der Waals surface area contributed by atoms with Crippen LogP contribution in [0.3, 0.4) is 0 Å². The van der Waals surface area contributed by atoms with E-state index in [4.69, 9.17) is 0 Å². The van der Waals surface area contributed by atoms with Crippen molar-refractivity contribution in [3.8, 4) is 0 Å². The van der Waals surface area contributed by atoms with Crippen LogP contribution in [0.5, 0.6) is 0 Å². The highest BCUT2D eigenvalue weighted by molar-refractivity contribution is 7.99. The molecule has 1 aliphatic rings. The zero-order chi connectivity index (χ0) is 10.9. The first-order valence-corrected chi connectivity index (χ1v) is 6.19. The van der Waals surface area contributed by atoms with E-state index in [9.17, 15) is 9.90 Å². The van der Waals surface area contributed by atoms with Crippen molar-refractivity contribution >= 4 is 17.7 Å². The van der Waals surface area contributed by atoms with Crippen LogP contribution in [0.2, 0.25) is 0 Å². The summed E-state index contributed by atoms with van der Waals surface area (Å²) in [5.74, 6) is 0.429. The lowest BCUT2D eigenvalue weighted by atomic mass is 9.84. The maximum absolute atomic E-state index is 11.7. The molecule has 1 fully saturated rings. The molecule has 4 heteroatoms. The maximum Gasteiger partial charge on any atom is 0.235 e. The zero-order valence-corrected chi connectivity index (χ0v) is 10.1. The van der Waals surface area contributed by atoms with Gasteiger partial charge in [-0.2, -0.15) is 11.8 Å². The second kappa shape index (κ2) is 4.11. The molecule has 1 amide bonds. The van der Waals surface area contributed by atoms with Crippen LogP contribution in [0.25, 0.3) is 0 Å². The number of carbonyl (C=O) groups excluding carboxylic acids is 1. The van der Waals surface area contributed by atoms with E-state index in [0.29, 0.717) is 13.1 Å². The number of thioether (sulfide) groups is 1. The quantitative estimate of drug-likeness (QED) is 0.765. The van der Waals surface area contributed by atoms with Gasteiger partial charge in [-0.3, -0.25) is 4.79 Å². The molecule has 1 atom stereocenters. The number of carbonyl (C=O) groups is 1. The standard InChI is InChI=1S/C10H19NO2S/c1-7(14-4)9(12)11-5-8(6-11)10(2,3)13/h7-8,13H,5-6H2,1-4H3. The molecule has 1 aliphatic heterocycles. The minimum atomic E-state index is -0.653. The van der Waals surface area contributed by atoms with Crippen LogP contribution in [-0.4, -0.2) is 46.1 Å². The van der Waals surface area contributed by atoms with Crippen molar-refractivity contribution in [3.63, 3.8) is 0 Å². The van der Waals surface area contributed by atoms with Gasteiger partial charge in [-0.25, -0.2) is 0 Å². The smallest absolute Gasteiger partial charge is 0.235 e. The van der Waals surface area contributed by atoms with Crippen molar-refractivity contribution in [2.45, 2.75) is 31.6 Å². The van der Waals surface area contributed by atoms with E-state index < -0.39 is 5.60 Å². The van der Waals surface area contributed by atoms with Gasteiger partial charge in [-0.15, -0.1) is 0 Å². The van der Waals surface area contributed by atoms with Gasteiger partial charge in [0.15, 0.2) is 0 Å². The average molecular weight is 217 g/mol. The monoisotopic (exact) mass is 217 g/mol. The lowest BCUT2D eigenvalue weighted by molar-refractivity contribution is -0.143. The number of nitrogens with zero attached hydrogens (tertiary/aromatic N) is 1. The molecule has 1 rings (SSSR count). The van der Waals surface area contributed by atoms with Crippen LogP contribution >= 0.6 is 11.8 Å². The number of hydrogen-bond acceptors (Lipinski definition) is 3. The molecule has 0 radical (unpaired) electrons. The Kier molecular flexibility index (Phi) is 3.48. The minimum Gasteiger partial charge on any atom is -0.390 e. The number of amides is 1. The van der Waals surface area contributed by atoms with Gasteiger partial charge >= 0.3 is 0 Å². The Balaban J connectivity index is 2.38. The van der Waals surface area contributed by atoms with Crippen molar-refractivity contribution < 1.29 is 9.90 Å². The third-order valence-electron chi connectivity index (χ3n) is 2.89. The minimum absolute atomic E-state index is 0.0396. The predicted molar refractivity (Wildman–Crippen MR) is 59.3 cm³/mol. The van der Waals surface area contributed by atoms with Crippen molar-refractivity contribution in [2.75, 3.05) is 19.3 Å². The van der Waals surface area contributed by atoms with Gasteiger partial charge in [0.05, 0.1) is 10.9 Å². The molecule has 0 spiro atoms. The fourth-order valence-corrected chi connectivity index (χ4v) is 1.81. The zero-order valence-electron chi connectivity index (χ0n) is 9.28. The van der Waals surface area contributed by atoms with Gasteiger partial charge in [0.1, 0.15) is 0 Å². The molecular weight excluding hydrogens is 198 g/mol. The van der Waals surface area contributed by atoms with Crippen LogP contribution in [-0.2, 0) is 4.79 Å². The number of likely N-dealkylation sites (tertiary alicyclic amines) is 1. The Morgan fingerprint density at radius 2 is 2.07 bits per heavy atom. The first-order valence-electron chi connectivity index (χ1n) is 4.90. The van der Waals surface area contributed by atoms with E-state index in [1.54, 1.807) is 25.6 Å². The molecule has 82 valence electrons. The highest BCUT2D eigenvalue weighted by atomic mass is 32.2. The average Bonchev–Trinajstić information content (AvgIpc) is 1.97. The summed E-state index contributed by atoms with van der Waals surface area (Å²) in [5.41, 5.74) is -0.653. The van der Waals surface area contributed by atoms with E-state index in [-0.39, 0.29) is 17.1 Å². The molecule has 0 saturated carbocycles. The number of rotatable bonds is 3. The summed E-state index contributed by atoms with van der Waals surface area (Å²) >= 11 is 1.57. The van der Waals surface area contributed by atoms with E-state index in [1.807, 2.05) is 18.1 Å². The molecule has 14 heavy (non-hydrogen) atoms. The largest absolute Gasteiger partial charge is 0.390 e. The van der Waals surface area contributed by atoms with Crippen LogP contribution < -0.4 is 0 Å². The van der Waals surface area contributed by atoms with Crippen LogP contribution in [0.1, 0.15) is 20.8 Å². The van der Waals surface area contributed by atoms with Crippen LogP contribution in [0.4, 0.5) is 0 Å². The van der Waals surface area contributed by atoms with E-state index in [1.165, 1.54) is 0 Å². The molecule has 0 bridgehead atoms. The van der Waals surface area contributed by atoms with Crippen molar-refractivity contribution in [2.24, 2.45) is 5.92 Å². The van der Waals surface area contributed by atoms with Gasteiger partial charge in [0.2, 0.25) is 5.91 Å². The molecule has 1 heterocycles. The Morgan fingerprint density at radius 1 is 1.57 bits per heavy atom. The molecule has 3 nitrogen and oxygen atoms in total. The summed E-state index contributed by atoms with van der Waals surface area (Å²) in [6, 6.07) is 0. The topological polar surface area (TPSA) is 40.5 Å². The van der Waals surface area contributed by atoms with Crippen LogP contribution in [0.15, 0.2) is 0 Å². The third kappa shape index (κ3) is 2.42. The molecule has 0 aromatic heterocycles. The van der Waals surface area contributed by atoms with Crippen molar-refractivity contribution in [3.05, 3.63) is 0 Å². The second-order valence-corrected chi connectivity index (χ2v) is 5.65. The number of hydrogen-bond donors (Lipinski definition) is 1. The molecule has 0 aromatic carbocycles. The van der Waals surface area contributed by atoms with Gasteiger partial charge in [-0.05, 0) is 27.0 Å². The lowest BCUT2D eigenvalue weighted by Crippen LogP contribution is -2.59. The summed E-state index contributed by atoms with van der Waals surface area (Å²) in [7, 11) is 0. The fourth-order valence-electron chi connectivity index (χ4n) is 1.46. The Morgan fingerprint density at radius 3 is 2.43 bits per heavy atom. The van der Waals surface area contributed by atoms with Gasteiger partial charge < -0.3 is 10.0 Å². The van der Waals surface area contributed by atoms with E-state index in [2.05, 4.69) is 0 Å². The first-order chi connectivity index (χ1) is 6.36. The van der Waals surface area contributed by atoms with Crippen LogP contribution in [0, 0.1) is 5.92 Å². The first kappa shape index (κ1) is 11.9. The highest BCUT2D eigenvalue weighted by Gasteiger charge is 2.40. The molecule has 1 unspecified atom stereocenters. The Labute approximate surface area is 89.9 Å². The summed E-state index contributed by atoms with van der Waals surface area (Å²) < 4.78 is 0. The van der Waals surface area contributed by atoms with Gasteiger partial charge in [-0.1, -0.05) is 0 Å². The van der Waals surface area contributed by atoms with E-state index >= 15 is 0 Å². The normalized spacial score (nSPS) is 20.5. The third-order valence-corrected chi connectivity index (χ3v) is 3.80. The summed E-state index contributed by atoms with van der Waals surface area (Å²) in [4.78, 5) is 13.5. The van der Waals surface area contributed by atoms with Gasteiger partial charge in [0, 0.05) is 19.0 Å². The molecule has 0 aliphatic carbocycles. The Bertz CT molecular complexity index is 219. The fraction of sp³-hybridized carbons (Fsp3) is 0.900.